The summed E-state index contributed by atoms with van der Waals surface area (Å²) in [5.41, 5.74) is -0.101. The lowest BCUT2D eigenvalue weighted by Gasteiger charge is -2.12. The van der Waals surface area contributed by atoms with Crippen LogP contribution in [-0.4, -0.2) is 47.0 Å². The lowest BCUT2D eigenvalue weighted by molar-refractivity contribution is -0.140. The number of hydrogen-bond donors (Lipinski definition) is 4. The highest BCUT2D eigenvalue weighted by Gasteiger charge is 2.21. The number of ether oxygens (including phenoxy) is 1. The molecule has 0 aliphatic rings. The number of benzene rings is 1. The quantitative estimate of drug-likeness (QED) is 0.567. The van der Waals surface area contributed by atoms with Crippen LogP contribution in [0.1, 0.15) is 10.4 Å². The summed E-state index contributed by atoms with van der Waals surface area (Å²) in [5.74, 6) is -2.13. The number of aliphatic carboxylic acids is 1. The Morgan fingerprint density at radius 2 is 2.11 bits per heavy atom. The number of carboxylic acids is 1. The number of carbonyl (C=O) groups is 2. The third-order valence-corrected chi connectivity index (χ3v) is 2.24. The number of methoxy groups -OCH3 is 1. The lowest BCUT2D eigenvalue weighted by Crippen LogP contribution is -2.43. The molecule has 0 aromatic heterocycles. The van der Waals surface area contributed by atoms with Crippen LogP contribution in [0.3, 0.4) is 0 Å². The Morgan fingerprint density at radius 1 is 1.44 bits per heavy atom. The highest BCUT2D eigenvalue weighted by molar-refractivity contribution is 5.99. The van der Waals surface area contributed by atoms with Gasteiger partial charge >= 0.3 is 5.97 Å². The first kappa shape index (κ1) is 13.8. The second-order valence-corrected chi connectivity index (χ2v) is 3.43. The molecule has 0 fully saturated rings. The Kier molecular flexibility index (Phi) is 4.50. The van der Waals surface area contributed by atoms with Crippen LogP contribution < -0.4 is 10.1 Å². The van der Waals surface area contributed by atoms with E-state index in [-0.39, 0.29) is 11.3 Å². The van der Waals surface area contributed by atoms with Crippen molar-refractivity contribution < 1.29 is 29.6 Å². The number of carboxylic acid groups (broad SMARTS) is 1. The van der Waals surface area contributed by atoms with Gasteiger partial charge in [-0.2, -0.15) is 0 Å². The summed E-state index contributed by atoms with van der Waals surface area (Å²) in [6.45, 7) is -0.738. The molecule has 1 aromatic rings. The van der Waals surface area contributed by atoms with Crippen LogP contribution in [-0.2, 0) is 4.79 Å². The van der Waals surface area contributed by atoms with Crippen molar-refractivity contribution in [3.05, 3.63) is 23.8 Å². The van der Waals surface area contributed by atoms with Gasteiger partial charge < -0.3 is 25.4 Å². The summed E-state index contributed by atoms with van der Waals surface area (Å²) in [6.07, 6.45) is 0. The average molecular weight is 255 g/mol. The normalized spacial score (nSPS) is 11.7. The van der Waals surface area contributed by atoms with E-state index in [0.29, 0.717) is 5.75 Å². The van der Waals surface area contributed by atoms with E-state index in [0.717, 1.165) is 0 Å². The predicted octanol–water partition coefficient (Wildman–Crippen LogP) is -0.424. The van der Waals surface area contributed by atoms with Crippen molar-refractivity contribution in [3.8, 4) is 11.5 Å². The minimum atomic E-state index is -1.42. The number of nitrogens with one attached hydrogen (secondary N) is 1. The average Bonchev–Trinajstić information content (AvgIpc) is 2.34. The maximum absolute atomic E-state index is 11.7. The molecular weight excluding hydrogens is 242 g/mol. The second kappa shape index (κ2) is 5.87. The monoisotopic (exact) mass is 255 g/mol. The number of aromatic hydroxyl groups is 1. The highest BCUT2D eigenvalue weighted by atomic mass is 16.5. The Morgan fingerprint density at radius 3 is 2.56 bits per heavy atom. The van der Waals surface area contributed by atoms with Gasteiger partial charge in [-0.1, -0.05) is 0 Å². The van der Waals surface area contributed by atoms with E-state index in [1.165, 1.54) is 25.3 Å². The van der Waals surface area contributed by atoms with E-state index in [1.807, 2.05) is 0 Å². The van der Waals surface area contributed by atoms with Gasteiger partial charge in [0.15, 0.2) is 6.04 Å². The van der Waals surface area contributed by atoms with Crippen molar-refractivity contribution in [2.75, 3.05) is 13.7 Å². The van der Waals surface area contributed by atoms with Gasteiger partial charge in [0.25, 0.3) is 5.91 Å². The molecule has 0 saturated carbocycles. The maximum atomic E-state index is 11.7. The molecule has 1 amide bonds. The van der Waals surface area contributed by atoms with Crippen molar-refractivity contribution in [2.24, 2.45) is 0 Å². The second-order valence-electron chi connectivity index (χ2n) is 3.43. The molecule has 18 heavy (non-hydrogen) atoms. The van der Waals surface area contributed by atoms with Crippen molar-refractivity contribution in [3.63, 3.8) is 0 Å². The fraction of sp³-hybridized carbons (Fsp3) is 0.273. The van der Waals surface area contributed by atoms with Gasteiger partial charge in [-0.3, -0.25) is 4.79 Å². The SMILES string of the molecule is COc1ccc(C(=O)NC(CO)C(=O)O)c(O)c1. The number of amides is 1. The number of phenolic OH excluding ortho intramolecular Hbond substituents is 1. The Labute approximate surface area is 103 Å². The van der Waals surface area contributed by atoms with Gasteiger partial charge in [-0.25, -0.2) is 4.79 Å². The molecule has 4 N–H and O–H groups in total. The zero-order chi connectivity index (χ0) is 13.7. The van der Waals surface area contributed by atoms with Crippen LogP contribution in [0.5, 0.6) is 11.5 Å². The van der Waals surface area contributed by atoms with E-state index in [4.69, 9.17) is 14.9 Å². The van der Waals surface area contributed by atoms with Crippen molar-refractivity contribution in [1.29, 1.82) is 0 Å². The van der Waals surface area contributed by atoms with E-state index >= 15 is 0 Å². The molecule has 0 saturated heterocycles. The fourth-order valence-corrected chi connectivity index (χ4v) is 1.25. The fourth-order valence-electron chi connectivity index (χ4n) is 1.25. The maximum Gasteiger partial charge on any atom is 0.328 e. The van der Waals surface area contributed by atoms with Crippen molar-refractivity contribution in [2.45, 2.75) is 6.04 Å². The first-order valence-electron chi connectivity index (χ1n) is 5.01. The zero-order valence-electron chi connectivity index (χ0n) is 9.58. The van der Waals surface area contributed by atoms with Gasteiger partial charge in [-0.15, -0.1) is 0 Å². The van der Waals surface area contributed by atoms with E-state index in [1.54, 1.807) is 0 Å². The number of hydrogen-bond acceptors (Lipinski definition) is 5. The van der Waals surface area contributed by atoms with Crippen LogP contribution >= 0.6 is 0 Å². The predicted molar refractivity (Wildman–Crippen MR) is 60.6 cm³/mol. The molecule has 1 rings (SSSR count). The van der Waals surface area contributed by atoms with Crippen molar-refractivity contribution in [1.82, 2.24) is 5.32 Å². The molecule has 0 aliphatic heterocycles. The number of phenols is 1. The standard InChI is InChI=1S/C11H13NO6/c1-18-6-2-3-7(9(14)4-6)10(15)12-8(5-13)11(16)17/h2-4,8,13-14H,5H2,1H3,(H,12,15)(H,16,17). The van der Waals surface area contributed by atoms with E-state index in [9.17, 15) is 14.7 Å². The minimum absolute atomic E-state index is 0.101. The van der Waals surface area contributed by atoms with Gasteiger partial charge in [0.1, 0.15) is 11.5 Å². The number of carbonyl (C=O) groups excluding carboxylic acids is 1. The number of aliphatic hydroxyl groups excluding tert-OH is 1. The van der Waals surface area contributed by atoms with Crippen LogP contribution in [0.15, 0.2) is 18.2 Å². The molecule has 7 heteroatoms. The molecule has 0 aliphatic carbocycles. The zero-order valence-corrected chi connectivity index (χ0v) is 9.58. The van der Waals surface area contributed by atoms with Crippen LogP contribution in [0.2, 0.25) is 0 Å². The molecule has 98 valence electrons. The van der Waals surface area contributed by atoms with Gasteiger partial charge in [0.2, 0.25) is 0 Å². The van der Waals surface area contributed by atoms with E-state index < -0.39 is 24.5 Å². The number of aliphatic hydroxyl groups is 1. The smallest absolute Gasteiger partial charge is 0.328 e. The van der Waals surface area contributed by atoms with Crippen molar-refractivity contribution >= 4 is 11.9 Å². The lowest BCUT2D eigenvalue weighted by atomic mass is 10.1. The molecule has 1 unspecified atom stereocenters. The summed E-state index contributed by atoms with van der Waals surface area (Å²) >= 11 is 0. The molecular formula is C11H13NO6. The molecule has 0 heterocycles. The first-order chi connectivity index (χ1) is 8.49. The Bertz CT molecular complexity index is 459. The number of rotatable bonds is 5. The van der Waals surface area contributed by atoms with Crippen LogP contribution in [0.4, 0.5) is 0 Å². The van der Waals surface area contributed by atoms with Crippen LogP contribution in [0, 0.1) is 0 Å². The topological polar surface area (TPSA) is 116 Å². The van der Waals surface area contributed by atoms with E-state index in [2.05, 4.69) is 5.32 Å². The molecule has 0 radical (unpaired) electrons. The molecule has 0 spiro atoms. The minimum Gasteiger partial charge on any atom is -0.507 e. The van der Waals surface area contributed by atoms with Crippen LogP contribution in [0.25, 0.3) is 0 Å². The summed E-state index contributed by atoms with van der Waals surface area (Å²) in [4.78, 5) is 22.3. The first-order valence-corrected chi connectivity index (χ1v) is 5.01. The third kappa shape index (κ3) is 3.11. The molecule has 7 nitrogen and oxygen atoms in total. The summed E-state index contributed by atoms with van der Waals surface area (Å²) in [6, 6.07) is 2.55. The third-order valence-electron chi connectivity index (χ3n) is 2.24. The molecule has 1 atom stereocenters. The van der Waals surface area contributed by atoms with Gasteiger partial charge in [-0.05, 0) is 12.1 Å². The largest absolute Gasteiger partial charge is 0.507 e. The molecule has 0 bridgehead atoms. The summed E-state index contributed by atoms with van der Waals surface area (Å²) < 4.78 is 4.84. The Hall–Kier alpha value is -2.28. The van der Waals surface area contributed by atoms with Gasteiger partial charge in [0.05, 0.1) is 19.3 Å². The Balaban J connectivity index is 2.87. The summed E-state index contributed by atoms with van der Waals surface area (Å²) in [7, 11) is 1.40. The highest BCUT2D eigenvalue weighted by Crippen LogP contribution is 2.23. The molecule has 1 aromatic carbocycles. The van der Waals surface area contributed by atoms with Gasteiger partial charge in [0, 0.05) is 6.07 Å². The summed E-state index contributed by atoms with van der Waals surface area (Å²) in [5, 5.41) is 29.1.